The molecule has 2 aromatic heterocycles. The van der Waals surface area contributed by atoms with E-state index in [1.807, 2.05) is 6.07 Å². The highest BCUT2D eigenvalue weighted by Crippen LogP contribution is 2.24. The minimum absolute atomic E-state index is 0.251. The number of carbonyl (C=O) groups is 1. The molecule has 0 unspecified atom stereocenters. The van der Waals surface area contributed by atoms with Crippen LogP contribution in [-0.2, 0) is 6.42 Å². The molecule has 0 spiro atoms. The van der Waals surface area contributed by atoms with E-state index in [2.05, 4.69) is 50.7 Å². The number of rotatable bonds is 5. The Hall–Kier alpha value is -3.15. The van der Waals surface area contributed by atoms with Crippen molar-refractivity contribution in [2.24, 2.45) is 5.92 Å². The van der Waals surface area contributed by atoms with E-state index in [4.69, 9.17) is 4.42 Å². The van der Waals surface area contributed by atoms with Gasteiger partial charge in [0.15, 0.2) is 17.4 Å². The summed E-state index contributed by atoms with van der Waals surface area (Å²) >= 11 is 0. The summed E-state index contributed by atoms with van der Waals surface area (Å²) in [7, 11) is 0. The zero-order chi connectivity index (χ0) is 18.5. The van der Waals surface area contributed by atoms with Gasteiger partial charge < -0.3 is 14.6 Å². The lowest BCUT2D eigenvalue weighted by Gasteiger charge is -2.32. The van der Waals surface area contributed by atoms with E-state index in [0.29, 0.717) is 11.7 Å². The zero-order valence-corrected chi connectivity index (χ0v) is 15.0. The van der Waals surface area contributed by atoms with Crippen molar-refractivity contribution in [1.29, 1.82) is 0 Å². The lowest BCUT2D eigenvalue weighted by atomic mass is 9.90. The standard InChI is InChI=1S/C21H22N4O2/c26-21(18-7-4-14-27-18)22-19-8-9-20(24-23-19)25-12-10-17(11-13-25)15-16-5-2-1-3-6-16/h1-9,14,17H,10-13,15H2,(H,22,23,26). The molecule has 0 aliphatic carbocycles. The Kier molecular flexibility index (Phi) is 5.14. The molecule has 1 saturated heterocycles. The molecule has 0 saturated carbocycles. The van der Waals surface area contributed by atoms with Gasteiger partial charge in [-0.3, -0.25) is 4.79 Å². The lowest BCUT2D eigenvalue weighted by Crippen LogP contribution is -2.35. The second kappa shape index (κ2) is 8.03. The van der Waals surface area contributed by atoms with Crippen LogP contribution in [0.25, 0.3) is 0 Å². The monoisotopic (exact) mass is 362 g/mol. The Morgan fingerprint density at radius 1 is 1.04 bits per heavy atom. The average molecular weight is 362 g/mol. The summed E-state index contributed by atoms with van der Waals surface area (Å²) in [4.78, 5) is 14.2. The van der Waals surface area contributed by atoms with E-state index in [1.165, 1.54) is 11.8 Å². The Morgan fingerprint density at radius 3 is 2.52 bits per heavy atom. The van der Waals surface area contributed by atoms with Crippen LogP contribution in [0.15, 0.2) is 65.3 Å². The van der Waals surface area contributed by atoms with Crippen molar-refractivity contribution in [3.8, 4) is 0 Å². The molecule has 1 aliphatic rings. The van der Waals surface area contributed by atoms with Crippen molar-refractivity contribution in [3.63, 3.8) is 0 Å². The van der Waals surface area contributed by atoms with Crippen LogP contribution in [0, 0.1) is 5.92 Å². The molecule has 138 valence electrons. The van der Waals surface area contributed by atoms with Gasteiger partial charge in [-0.15, -0.1) is 10.2 Å². The number of amides is 1. The summed E-state index contributed by atoms with van der Waals surface area (Å²) in [5.41, 5.74) is 1.41. The van der Waals surface area contributed by atoms with Gasteiger partial charge in [-0.05, 0) is 55.0 Å². The molecule has 1 fully saturated rings. The highest BCUT2D eigenvalue weighted by atomic mass is 16.3. The summed E-state index contributed by atoms with van der Waals surface area (Å²) in [5.74, 6) is 1.90. The van der Waals surface area contributed by atoms with Crippen LogP contribution in [0.5, 0.6) is 0 Å². The number of benzene rings is 1. The van der Waals surface area contributed by atoms with Gasteiger partial charge in [-0.25, -0.2) is 0 Å². The van der Waals surface area contributed by atoms with E-state index in [-0.39, 0.29) is 11.7 Å². The third-order valence-corrected chi connectivity index (χ3v) is 4.94. The first-order valence-electron chi connectivity index (χ1n) is 9.25. The molecule has 0 bridgehead atoms. The lowest BCUT2D eigenvalue weighted by molar-refractivity contribution is 0.0996. The van der Waals surface area contributed by atoms with Crippen molar-refractivity contribution in [1.82, 2.24) is 10.2 Å². The smallest absolute Gasteiger partial charge is 0.292 e. The fourth-order valence-corrected chi connectivity index (χ4v) is 3.46. The van der Waals surface area contributed by atoms with Crippen LogP contribution in [-0.4, -0.2) is 29.2 Å². The first-order valence-corrected chi connectivity index (χ1v) is 9.25. The highest BCUT2D eigenvalue weighted by molar-refractivity contribution is 6.01. The second-order valence-electron chi connectivity index (χ2n) is 6.83. The minimum Gasteiger partial charge on any atom is -0.459 e. The molecule has 1 aliphatic heterocycles. The summed E-state index contributed by atoms with van der Waals surface area (Å²) < 4.78 is 5.07. The fourth-order valence-electron chi connectivity index (χ4n) is 3.46. The molecule has 3 aromatic rings. The van der Waals surface area contributed by atoms with Crippen LogP contribution in [0.1, 0.15) is 29.0 Å². The molecule has 1 N–H and O–H groups in total. The topological polar surface area (TPSA) is 71.3 Å². The van der Waals surface area contributed by atoms with Crippen LogP contribution < -0.4 is 10.2 Å². The second-order valence-corrected chi connectivity index (χ2v) is 6.83. The van der Waals surface area contributed by atoms with Crippen molar-refractivity contribution in [2.75, 3.05) is 23.3 Å². The van der Waals surface area contributed by atoms with E-state index < -0.39 is 0 Å². The quantitative estimate of drug-likeness (QED) is 0.748. The Balaban J connectivity index is 1.30. The van der Waals surface area contributed by atoms with Gasteiger partial charge in [-0.2, -0.15) is 0 Å². The molecule has 0 radical (unpaired) electrons. The molecular weight excluding hydrogens is 340 g/mol. The average Bonchev–Trinajstić information content (AvgIpc) is 3.25. The van der Waals surface area contributed by atoms with E-state index in [0.717, 1.165) is 38.2 Å². The molecule has 4 rings (SSSR count). The van der Waals surface area contributed by atoms with Crippen LogP contribution in [0.3, 0.4) is 0 Å². The van der Waals surface area contributed by atoms with Crippen LogP contribution >= 0.6 is 0 Å². The summed E-state index contributed by atoms with van der Waals surface area (Å²) in [6.07, 6.45) is 4.89. The highest BCUT2D eigenvalue weighted by Gasteiger charge is 2.21. The van der Waals surface area contributed by atoms with Gasteiger partial charge in [0.25, 0.3) is 5.91 Å². The van der Waals surface area contributed by atoms with Gasteiger partial charge in [-0.1, -0.05) is 30.3 Å². The molecule has 1 aromatic carbocycles. The number of furan rings is 1. The third kappa shape index (κ3) is 4.34. The van der Waals surface area contributed by atoms with Crippen molar-refractivity contribution < 1.29 is 9.21 Å². The van der Waals surface area contributed by atoms with Crippen LogP contribution in [0.2, 0.25) is 0 Å². The maximum atomic E-state index is 12.0. The number of aromatic nitrogens is 2. The molecule has 27 heavy (non-hydrogen) atoms. The number of nitrogens with one attached hydrogen (secondary N) is 1. The van der Waals surface area contributed by atoms with Crippen molar-refractivity contribution >= 4 is 17.5 Å². The number of hydrogen-bond donors (Lipinski definition) is 1. The third-order valence-electron chi connectivity index (χ3n) is 4.94. The first-order chi connectivity index (χ1) is 13.3. The van der Waals surface area contributed by atoms with E-state index in [9.17, 15) is 4.79 Å². The number of anilines is 2. The molecule has 6 nitrogen and oxygen atoms in total. The van der Waals surface area contributed by atoms with Crippen LogP contribution in [0.4, 0.5) is 11.6 Å². The fraction of sp³-hybridized carbons (Fsp3) is 0.286. The SMILES string of the molecule is O=C(Nc1ccc(N2CCC(Cc3ccccc3)CC2)nn1)c1ccco1. The first kappa shape index (κ1) is 17.3. The minimum atomic E-state index is -0.330. The summed E-state index contributed by atoms with van der Waals surface area (Å²) in [6, 6.07) is 17.6. The van der Waals surface area contributed by atoms with Gasteiger partial charge in [0.1, 0.15) is 0 Å². The maximum absolute atomic E-state index is 12.0. The van der Waals surface area contributed by atoms with E-state index in [1.54, 1.807) is 18.2 Å². The van der Waals surface area contributed by atoms with Gasteiger partial charge in [0.2, 0.25) is 0 Å². The number of piperidine rings is 1. The summed E-state index contributed by atoms with van der Waals surface area (Å²) in [5, 5.41) is 11.1. The van der Waals surface area contributed by atoms with Gasteiger partial charge in [0.05, 0.1) is 6.26 Å². The maximum Gasteiger partial charge on any atom is 0.292 e. The number of nitrogens with zero attached hydrogens (tertiary/aromatic N) is 3. The largest absolute Gasteiger partial charge is 0.459 e. The molecule has 1 amide bonds. The Labute approximate surface area is 158 Å². The summed E-state index contributed by atoms with van der Waals surface area (Å²) in [6.45, 7) is 1.95. The normalized spacial score (nSPS) is 14.9. The number of hydrogen-bond acceptors (Lipinski definition) is 5. The Morgan fingerprint density at radius 2 is 1.85 bits per heavy atom. The molecule has 6 heteroatoms. The zero-order valence-electron chi connectivity index (χ0n) is 15.0. The van der Waals surface area contributed by atoms with E-state index >= 15 is 0 Å². The predicted molar refractivity (Wildman–Crippen MR) is 104 cm³/mol. The number of carbonyl (C=O) groups excluding carboxylic acids is 1. The molecule has 0 atom stereocenters. The van der Waals surface area contributed by atoms with Gasteiger partial charge >= 0.3 is 0 Å². The molecular formula is C21H22N4O2. The van der Waals surface area contributed by atoms with Crippen molar-refractivity contribution in [3.05, 3.63) is 72.2 Å². The van der Waals surface area contributed by atoms with Crippen molar-refractivity contribution in [2.45, 2.75) is 19.3 Å². The molecule has 3 heterocycles. The van der Waals surface area contributed by atoms with Gasteiger partial charge in [0, 0.05) is 13.1 Å². The Bertz CT molecular complexity index is 855. The predicted octanol–water partition coefficient (Wildman–Crippen LogP) is 3.78.